The van der Waals surface area contributed by atoms with Crippen LogP contribution in [-0.2, 0) is 0 Å². The lowest BCUT2D eigenvalue weighted by molar-refractivity contribution is -0.664. The summed E-state index contributed by atoms with van der Waals surface area (Å²) < 4.78 is 0. The van der Waals surface area contributed by atoms with Crippen molar-refractivity contribution < 1.29 is 4.92 Å². The highest BCUT2D eigenvalue weighted by Crippen LogP contribution is 1.35. The van der Waals surface area contributed by atoms with E-state index in [2.05, 4.69) is 11.7 Å². The van der Waals surface area contributed by atoms with Gasteiger partial charge in [-0.05, 0) is 10.4 Å². The molecule has 36 valence electrons. The van der Waals surface area contributed by atoms with E-state index in [1.54, 1.807) is 11.1 Å². The summed E-state index contributed by atoms with van der Waals surface area (Å²) >= 11 is 0. The Kier molecular flexibility index (Phi) is 2.02. The van der Waals surface area contributed by atoms with E-state index in [9.17, 15) is 0 Å². The number of hydrazine groups is 4. The van der Waals surface area contributed by atoms with Crippen LogP contribution in [0.2, 0.25) is 0 Å². The first-order valence-electron chi connectivity index (χ1n) is 1.22. The van der Waals surface area contributed by atoms with Gasteiger partial charge in [0.15, 0.2) is 0 Å². The van der Waals surface area contributed by atoms with Crippen LogP contribution >= 0.6 is 0 Å². The highest BCUT2D eigenvalue weighted by atomic mass is 15.8. The van der Waals surface area contributed by atoms with Gasteiger partial charge in [0.25, 0.3) is 0 Å². The molecule has 0 radical (unpaired) electrons. The van der Waals surface area contributed by atoms with Gasteiger partial charge in [-0.1, -0.05) is 0 Å². The zero-order valence-corrected chi connectivity index (χ0v) is 3.05. The molecule has 0 rings (SSSR count). The van der Waals surface area contributed by atoms with Gasteiger partial charge in [0.05, 0.1) is 0 Å². The van der Waals surface area contributed by atoms with Crippen molar-refractivity contribution in [1.82, 2.24) is 11.1 Å². The summed E-state index contributed by atoms with van der Waals surface area (Å²) in [5.41, 5.74) is 11.6. The Morgan fingerprint density at radius 3 is 1.67 bits per heavy atom. The van der Waals surface area contributed by atoms with E-state index >= 15 is 0 Å². The predicted octanol–water partition coefficient (Wildman–Crippen LogP) is -2.22. The molecule has 0 aromatic carbocycles. The van der Waals surface area contributed by atoms with Crippen molar-refractivity contribution in [2.45, 2.75) is 0 Å². The Bertz CT molecular complexity index is 38.0. The van der Waals surface area contributed by atoms with Gasteiger partial charge < -0.3 is 0 Å². The lowest BCUT2D eigenvalue weighted by Gasteiger charge is -1.95. The normalized spacial score (nSPS) is 7.00. The lowest BCUT2D eigenvalue weighted by Crippen LogP contribution is -2.45. The molecular formula is H6N6. The SMILES string of the molecule is [N-]=[N+](NN)NN. The molecule has 0 amide bonds. The molecule has 6 heavy (non-hydrogen) atoms. The third-order valence-corrected chi connectivity index (χ3v) is 0.245. The number of hydrogen-bond acceptors (Lipinski definition) is 2. The number of hydrogen-bond donors (Lipinski definition) is 4. The molecule has 0 aliphatic carbocycles. The van der Waals surface area contributed by atoms with Gasteiger partial charge in [-0.25, -0.2) is 11.7 Å². The maximum absolute atomic E-state index is 8.03. The summed E-state index contributed by atoms with van der Waals surface area (Å²) in [7, 11) is 0. The zero-order valence-electron chi connectivity index (χ0n) is 3.05. The van der Waals surface area contributed by atoms with Crippen LogP contribution in [0.15, 0.2) is 0 Å². The maximum Gasteiger partial charge on any atom is -0.00704 e. The van der Waals surface area contributed by atoms with Gasteiger partial charge in [-0.3, -0.25) is 0 Å². The van der Waals surface area contributed by atoms with E-state index in [1.807, 2.05) is 0 Å². The summed E-state index contributed by atoms with van der Waals surface area (Å²) in [6.07, 6.45) is 0. The molecule has 0 atom stereocenters. The Morgan fingerprint density at radius 2 is 1.67 bits per heavy atom. The van der Waals surface area contributed by atoms with Crippen molar-refractivity contribution in [2.24, 2.45) is 11.7 Å². The first kappa shape index (κ1) is 5.12. The van der Waals surface area contributed by atoms with Gasteiger partial charge in [0, 0.05) is 0 Å². The van der Waals surface area contributed by atoms with Gasteiger partial charge in [0.1, 0.15) is 0 Å². The number of rotatable bonds is 2. The van der Waals surface area contributed by atoms with Gasteiger partial charge in [-0.15, -0.1) is 0 Å². The predicted molar refractivity (Wildman–Crippen MR) is 18.3 cm³/mol. The number of nitrogens with zero attached hydrogens (tertiary/aromatic N) is 2. The zero-order chi connectivity index (χ0) is 4.99. The fourth-order valence-corrected chi connectivity index (χ4v) is 0.0373. The second kappa shape index (κ2) is 2.36. The van der Waals surface area contributed by atoms with Crippen LogP contribution in [0.3, 0.4) is 0 Å². The average Bonchev–Trinajstić information content (AvgIpc) is 1.65. The summed E-state index contributed by atoms with van der Waals surface area (Å²) in [6.45, 7) is 0. The Morgan fingerprint density at radius 1 is 1.33 bits per heavy atom. The van der Waals surface area contributed by atoms with Crippen LogP contribution in [0.5, 0.6) is 0 Å². The average molecular weight is 90.1 g/mol. The first-order chi connectivity index (χ1) is 2.81. The molecule has 0 aliphatic heterocycles. The molecular weight excluding hydrogens is 84.0 g/mol. The van der Waals surface area contributed by atoms with Crippen molar-refractivity contribution in [3.63, 3.8) is 0 Å². The fraction of sp³-hybridized carbons (Fsp3) is 0. The molecule has 6 nitrogen and oxygen atoms in total. The molecule has 0 unspecified atom stereocenters. The first-order valence-corrected chi connectivity index (χ1v) is 1.22. The summed E-state index contributed by atoms with van der Waals surface area (Å²) in [6, 6.07) is 0. The molecule has 6 N–H and O–H groups in total. The molecule has 6 heteroatoms. The van der Waals surface area contributed by atoms with Crippen LogP contribution in [0.1, 0.15) is 0 Å². The number of nitrogens with one attached hydrogen (secondary N) is 2. The van der Waals surface area contributed by atoms with Crippen molar-refractivity contribution >= 4 is 0 Å². The maximum atomic E-state index is 8.03. The third-order valence-electron chi connectivity index (χ3n) is 0.245. The van der Waals surface area contributed by atoms with E-state index in [0.29, 0.717) is 4.92 Å². The number of nitrogens with two attached hydrogens (primary N) is 2. The van der Waals surface area contributed by atoms with Crippen LogP contribution in [0.25, 0.3) is 5.53 Å². The molecule has 0 heterocycles. The standard InChI is InChI=1S/H6N6/c1-4-6(3)5-2/h4-5H,1-2H2. The van der Waals surface area contributed by atoms with Crippen molar-refractivity contribution in [2.75, 3.05) is 0 Å². The minimum Gasteiger partial charge on any atom is -0.247 e. The molecule has 0 saturated heterocycles. The van der Waals surface area contributed by atoms with Gasteiger partial charge in [-0.2, -0.15) is 11.1 Å². The van der Waals surface area contributed by atoms with Crippen LogP contribution in [0.4, 0.5) is 0 Å². The van der Waals surface area contributed by atoms with Crippen molar-refractivity contribution in [3.8, 4) is 0 Å². The van der Waals surface area contributed by atoms with E-state index in [4.69, 9.17) is 5.53 Å². The van der Waals surface area contributed by atoms with Gasteiger partial charge in [0.2, 0.25) is 0 Å². The van der Waals surface area contributed by atoms with Gasteiger partial charge >= 0.3 is 0 Å². The third kappa shape index (κ3) is 1.44. The Hall–Kier alpha value is -0.880. The van der Waals surface area contributed by atoms with E-state index in [-0.39, 0.29) is 0 Å². The van der Waals surface area contributed by atoms with E-state index in [1.165, 1.54) is 0 Å². The highest BCUT2D eigenvalue weighted by Gasteiger charge is 1.73. The molecule has 0 aromatic heterocycles. The van der Waals surface area contributed by atoms with Crippen molar-refractivity contribution in [1.29, 1.82) is 0 Å². The molecule has 0 saturated carbocycles. The Balaban J connectivity index is 2.99. The molecule has 0 fully saturated rings. The summed E-state index contributed by atoms with van der Waals surface area (Å²) in [5.74, 6) is 9.13. The molecule has 0 aromatic rings. The van der Waals surface area contributed by atoms with Crippen LogP contribution in [0, 0.1) is 0 Å². The minimum atomic E-state index is 0.306. The van der Waals surface area contributed by atoms with E-state index < -0.39 is 0 Å². The van der Waals surface area contributed by atoms with Crippen LogP contribution in [-0.4, -0.2) is 4.92 Å². The minimum absolute atomic E-state index is 0.306. The van der Waals surface area contributed by atoms with Crippen LogP contribution < -0.4 is 22.8 Å². The quantitative estimate of drug-likeness (QED) is 0.133. The molecule has 0 spiro atoms. The lowest BCUT2D eigenvalue weighted by atomic mass is 12.2. The fourth-order valence-electron chi connectivity index (χ4n) is 0.0373. The molecule has 0 bridgehead atoms. The summed E-state index contributed by atoms with van der Waals surface area (Å²) in [5, 5.41) is 0. The smallest absolute Gasteiger partial charge is 0.00704 e. The Labute approximate surface area is 34.5 Å². The largest absolute Gasteiger partial charge is 0.247 e. The topological polar surface area (TPSA) is 101 Å². The summed E-state index contributed by atoms with van der Waals surface area (Å²) in [4.78, 5) is 0.306. The molecule has 0 aliphatic rings. The monoisotopic (exact) mass is 90.1 g/mol. The second-order valence-electron chi connectivity index (χ2n) is 0.570. The van der Waals surface area contributed by atoms with E-state index in [0.717, 1.165) is 0 Å². The highest BCUT2D eigenvalue weighted by molar-refractivity contribution is 3.75. The van der Waals surface area contributed by atoms with Crippen molar-refractivity contribution in [3.05, 3.63) is 5.53 Å². The second-order valence-corrected chi connectivity index (χ2v) is 0.570.